The summed E-state index contributed by atoms with van der Waals surface area (Å²) in [6.45, 7) is 3.45. The van der Waals surface area contributed by atoms with Gasteiger partial charge in [-0.25, -0.2) is 0 Å². The molecule has 2 aromatic rings. The van der Waals surface area contributed by atoms with Gasteiger partial charge in [0, 0.05) is 25.5 Å². The third-order valence-electron chi connectivity index (χ3n) is 3.46. The van der Waals surface area contributed by atoms with Gasteiger partial charge >= 0.3 is 0 Å². The quantitative estimate of drug-likeness (QED) is 0.883. The van der Waals surface area contributed by atoms with Gasteiger partial charge in [-0.2, -0.15) is 0 Å². The first-order chi connectivity index (χ1) is 10.1. The number of rotatable bonds is 6. The Kier molecular flexibility index (Phi) is 5.17. The zero-order chi connectivity index (χ0) is 15.2. The highest BCUT2D eigenvalue weighted by Gasteiger charge is 2.22. The maximum Gasteiger partial charge on any atom is 0.242 e. The molecular formula is C17H23N3O. The van der Waals surface area contributed by atoms with Gasteiger partial charge in [-0.3, -0.25) is 9.69 Å². The van der Waals surface area contributed by atoms with Gasteiger partial charge in [0.25, 0.3) is 0 Å². The van der Waals surface area contributed by atoms with Crippen molar-refractivity contribution in [2.45, 2.75) is 19.5 Å². The number of likely N-dealkylation sites (N-methyl/N-ethyl adjacent to an activating group) is 1. The van der Waals surface area contributed by atoms with E-state index in [1.807, 2.05) is 68.6 Å². The molecule has 0 saturated heterocycles. The fourth-order valence-corrected chi connectivity index (χ4v) is 2.45. The van der Waals surface area contributed by atoms with E-state index < -0.39 is 0 Å². The standard InChI is InChI=1S/C17H23N3O/c1-14-7-6-8-15(13-14)16(19(2)3)17(21)18-9-12-20-10-4-5-11-20/h4-8,10-11,13,16H,9,12H2,1-3H3,(H,18,21)/t16-/m1/s1. The number of carbonyl (C=O) groups excluding carboxylic acids is 1. The normalized spacial score (nSPS) is 12.4. The van der Waals surface area contributed by atoms with Gasteiger partial charge in [0.1, 0.15) is 6.04 Å². The van der Waals surface area contributed by atoms with Crippen LogP contribution in [0, 0.1) is 6.92 Å². The van der Waals surface area contributed by atoms with Crippen molar-refractivity contribution in [3.05, 3.63) is 59.9 Å². The fraction of sp³-hybridized carbons (Fsp3) is 0.353. The van der Waals surface area contributed by atoms with E-state index in [4.69, 9.17) is 0 Å². The van der Waals surface area contributed by atoms with Crippen LogP contribution < -0.4 is 5.32 Å². The highest BCUT2D eigenvalue weighted by Crippen LogP contribution is 2.19. The summed E-state index contributed by atoms with van der Waals surface area (Å²) in [5, 5.41) is 3.02. The monoisotopic (exact) mass is 285 g/mol. The van der Waals surface area contributed by atoms with Crippen molar-refractivity contribution in [3.63, 3.8) is 0 Å². The van der Waals surface area contributed by atoms with E-state index in [1.165, 1.54) is 5.56 Å². The lowest BCUT2D eigenvalue weighted by atomic mass is 10.0. The second kappa shape index (κ2) is 7.09. The number of amides is 1. The molecule has 4 nitrogen and oxygen atoms in total. The molecule has 1 aromatic carbocycles. The first-order valence-electron chi connectivity index (χ1n) is 7.19. The molecular weight excluding hydrogens is 262 g/mol. The van der Waals surface area contributed by atoms with Crippen molar-refractivity contribution in [1.82, 2.24) is 14.8 Å². The predicted molar refractivity (Wildman–Crippen MR) is 85.0 cm³/mol. The lowest BCUT2D eigenvalue weighted by Crippen LogP contribution is -2.38. The Labute approximate surface area is 126 Å². The molecule has 0 radical (unpaired) electrons. The van der Waals surface area contributed by atoms with Crippen LogP contribution in [0.3, 0.4) is 0 Å². The maximum atomic E-state index is 12.5. The number of nitrogens with one attached hydrogen (secondary N) is 1. The topological polar surface area (TPSA) is 37.3 Å². The van der Waals surface area contributed by atoms with Crippen LogP contribution in [0.2, 0.25) is 0 Å². The number of benzene rings is 1. The van der Waals surface area contributed by atoms with Gasteiger partial charge in [-0.15, -0.1) is 0 Å². The van der Waals surface area contributed by atoms with Crippen LogP contribution in [0.1, 0.15) is 17.2 Å². The molecule has 0 bridgehead atoms. The van der Waals surface area contributed by atoms with Gasteiger partial charge in [0.2, 0.25) is 5.91 Å². The number of aryl methyl sites for hydroxylation is 1. The van der Waals surface area contributed by atoms with E-state index in [2.05, 4.69) is 16.0 Å². The molecule has 1 amide bonds. The van der Waals surface area contributed by atoms with Crippen LogP contribution in [0.15, 0.2) is 48.8 Å². The van der Waals surface area contributed by atoms with Gasteiger partial charge in [-0.1, -0.05) is 29.8 Å². The summed E-state index contributed by atoms with van der Waals surface area (Å²) in [4.78, 5) is 14.4. The summed E-state index contributed by atoms with van der Waals surface area (Å²) in [7, 11) is 3.86. The Balaban J connectivity index is 1.99. The van der Waals surface area contributed by atoms with E-state index in [-0.39, 0.29) is 11.9 Å². The molecule has 0 aliphatic heterocycles. The average molecular weight is 285 g/mol. The van der Waals surface area contributed by atoms with Crippen LogP contribution in [-0.2, 0) is 11.3 Å². The number of nitrogens with zero attached hydrogens (tertiary/aromatic N) is 2. The molecule has 0 unspecified atom stereocenters. The molecule has 1 atom stereocenters. The molecule has 0 aliphatic rings. The second-order valence-corrected chi connectivity index (χ2v) is 5.49. The summed E-state index contributed by atoms with van der Waals surface area (Å²) >= 11 is 0. The SMILES string of the molecule is Cc1cccc([C@H](C(=O)NCCn2cccc2)N(C)C)c1. The molecule has 0 aliphatic carbocycles. The smallest absolute Gasteiger partial charge is 0.242 e. The molecule has 0 fully saturated rings. The summed E-state index contributed by atoms with van der Waals surface area (Å²) < 4.78 is 2.05. The van der Waals surface area contributed by atoms with Crippen LogP contribution in [0.25, 0.3) is 0 Å². The van der Waals surface area contributed by atoms with Crippen molar-refractivity contribution < 1.29 is 4.79 Å². The lowest BCUT2D eigenvalue weighted by molar-refractivity contribution is -0.125. The van der Waals surface area contributed by atoms with Crippen LogP contribution >= 0.6 is 0 Å². The molecule has 4 heteroatoms. The number of carbonyl (C=O) groups is 1. The van der Waals surface area contributed by atoms with Crippen molar-refractivity contribution in [1.29, 1.82) is 0 Å². The van der Waals surface area contributed by atoms with Crippen molar-refractivity contribution in [3.8, 4) is 0 Å². The Morgan fingerprint density at radius 2 is 1.95 bits per heavy atom. The van der Waals surface area contributed by atoms with Crippen molar-refractivity contribution >= 4 is 5.91 Å². The predicted octanol–water partition coefficient (Wildman–Crippen LogP) is 2.22. The van der Waals surface area contributed by atoms with Gasteiger partial charge in [-0.05, 0) is 38.7 Å². The molecule has 1 N–H and O–H groups in total. The zero-order valence-electron chi connectivity index (χ0n) is 12.9. The number of aromatic nitrogens is 1. The highest BCUT2D eigenvalue weighted by atomic mass is 16.2. The Morgan fingerprint density at radius 3 is 2.57 bits per heavy atom. The summed E-state index contributed by atoms with van der Waals surface area (Å²) in [6.07, 6.45) is 3.99. The van der Waals surface area contributed by atoms with E-state index in [0.29, 0.717) is 6.54 Å². The van der Waals surface area contributed by atoms with Gasteiger partial charge in [0.15, 0.2) is 0 Å². The minimum Gasteiger partial charge on any atom is -0.353 e. The average Bonchev–Trinajstić information content (AvgIpc) is 2.91. The summed E-state index contributed by atoms with van der Waals surface area (Å²) in [5.74, 6) is 0.0396. The third-order valence-corrected chi connectivity index (χ3v) is 3.46. The van der Waals surface area contributed by atoms with Crippen molar-refractivity contribution in [2.75, 3.05) is 20.6 Å². The Morgan fingerprint density at radius 1 is 1.24 bits per heavy atom. The molecule has 112 valence electrons. The van der Waals surface area contributed by atoms with Crippen LogP contribution in [0.4, 0.5) is 0 Å². The number of hydrogen-bond donors (Lipinski definition) is 1. The summed E-state index contributed by atoms with van der Waals surface area (Å²) in [6, 6.07) is 11.8. The first-order valence-corrected chi connectivity index (χ1v) is 7.19. The lowest BCUT2D eigenvalue weighted by Gasteiger charge is -2.24. The highest BCUT2D eigenvalue weighted by molar-refractivity contribution is 5.83. The Hall–Kier alpha value is -2.07. The van der Waals surface area contributed by atoms with E-state index in [9.17, 15) is 4.79 Å². The molecule has 0 spiro atoms. The minimum atomic E-state index is -0.255. The maximum absolute atomic E-state index is 12.5. The van der Waals surface area contributed by atoms with Crippen LogP contribution in [0.5, 0.6) is 0 Å². The second-order valence-electron chi connectivity index (χ2n) is 5.49. The van der Waals surface area contributed by atoms with E-state index >= 15 is 0 Å². The molecule has 1 aromatic heterocycles. The molecule has 2 rings (SSSR count). The molecule has 21 heavy (non-hydrogen) atoms. The van der Waals surface area contributed by atoms with Gasteiger partial charge in [0.05, 0.1) is 0 Å². The summed E-state index contributed by atoms with van der Waals surface area (Å²) in [5.41, 5.74) is 2.19. The Bertz CT molecular complexity index is 575. The first kappa shape index (κ1) is 15.3. The largest absolute Gasteiger partial charge is 0.353 e. The van der Waals surface area contributed by atoms with Crippen LogP contribution in [-0.4, -0.2) is 36.0 Å². The van der Waals surface area contributed by atoms with E-state index in [0.717, 1.165) is 12.1 Å². The van der Waals surface area contributed by atoms with Gasteiger partial charge < -0.3 is 9.88 Å². The zero-order valence-corrected chi connectivity index (χ0v) is 12.9. The number of hydrogen-bond acceptors (Lipinski definition) is 2. The minimum absolute atomic E-state index is 0.0396. The van der Waals surface area contributed by atoms with Crippen molar-refractivity contribution in [2.24, 2.45) is 0 Å². The molecule has 1 heterocycles. The third kappa shape index (κ3) is 4.20. The molecule has 0 saturated carbocycles. The fourth-order valence-electron chi connectivity index (χ4n) is 2.45. The van der Waals surface area contributed by atoms with E-state index in [1.54, 1.807) is 0 Å².